The summed E-state index contributed by atoms with van der Waals surface area (Å²) < 4.78 is 5.46. The predicted octanol–water partition coefficient (Wildman–Crippen LogP) is 5.15. The summed E-state index contributed by atoms with van der Waals surface area (Å²) in [5.41, 5.74) is 2.61. The lowest BCUT2D eigenvalue weighted by Crippen LogP contribution is -2.43. The van der Waals surface area contributed by atoms with Crippen molar-refractivity contribution in [3.8, 4) is 0 Å². The van der Waals surface area contributed by atoms with Gasteiger partial charge in [0.1, 0.15) is 6.54 Å². The summed E-state index contributed by atoms with van der Waals surface area (Å²) in [5, 5.41) is 2.02. The van der Waals surface area contributed by atoms with Gasteiger partial charge in [-0.1, -0.05) is 54.6 Å². The Kier molecular flexibility index (Phi) is 9.66. The Bertz CT molecular complexity index is 1010. The van der Waals surface area contributed by atoms with Crippen molar-refractivity contribution in [3.05, 3.63) is 93.7 Å². The maximum atomic E-state index is 13.5. The van der Waals surface area contributed by atoms with Gasteiger partial charge in [0, 0.05) is 36.7 Å². The molecule has 0 fully saturated rings. The SMILES string of the molecule is CCOCCCN(CC(=O)N(Cc1ccccc1)Cc1cccs1)C(=O)c1ccccc1C. The lowest BCUT2D eigenvalue weighted by atomic mass is 10.1. The maximum Gasteiger partial charge on any atom is 0.254 e. The van der Waals surface area contributed by atoms with Crippen LogP contribution in [0.1, 0.15) is 39.7 Å². The molecule has 1 aromatic heterocycles. The highest BCUT2D eigenvalue weighted by atomic mass is 32.1. The predicted molar refractivity (Wildman–Crippen MR) is 133 cm³/mol. The van der Waals surface area contributed by atoms with Crippen LogP contribution < -0.4 is 0 Å². The standard InChI is InChI=1S/C27H32N2O3S/c1-3-32-17-10-16-28(27(31)25-15-8-7-11-22(25)2)21-26(30)29(20-24-14-9-18-33-24)19-23-12-5-4-6-13-23/h4-9,11-15,18H,3,10,16-17,19-21H2,1-2H3. The van der Waals surface area contributed by atoms with Crippen molar-refractivity contribution in [1.29, 1.82) is 0 Å². The van der Waals surface area contributed by atoms with Crippen LogP contribution in [0.15, 0.2) is 72.1 Å². The number of carbonyl (C=O) groups excluding carboxylic acids is 2. The first-order chi connectivity index (χ1) is 16.1. The smallest absolute Gasteiger partial charge is 0.254 e. The first kappa shape index (κ1) is 24.7. The second-order valence-corrected chi connectivity index (χ2v) is 8.94. The number of carbonyl (C=O) groups is 2. The number of thiophene rings is 1. The number of ether oxygens (including phenoxy) is 1. The summed E-state index contributed by atoms with van der Waals surface area (Å²) in [6, 6.07) is 21.5. The van der Waals surface area contributed by atoms with Crippen LogP contribution in [0.25, 0.3) is 0 Å². The van der Waals surface area contributed by atoms with Gasteiger partial charge in [0.05, 0.1) is 6.54 Å². The van der Waals surface area contributed by atoms with Gasteiger partial charge in [0.2, 0.25) is 5.91 Å². The topological polar surface area (TPSA) is 49.9 Å². The molecule has 3 aromatic rings. The van der Waals surface area contributed by atoms with Crippen LogP contribution in [-0.2, 0) is 22.6 Å². The Morgan fingerprint density at radius 2 is 1.67 bits per heavy atom. The Morgan fingerprint density at radius 1 is 0.909 bits per heavy atom. The van der Waals surface area contributed by atoms with Crippen molar-refractivity contribution >= 4 is 23.2 Å². The minimum absolute atomic E-state index is 0.0392. The maximum absolute atomic E-state index is 13.5. The fourth-order valence-corrected chi connectivity index (χ4v) is 4.35. The van der Waals surface area contributed by atoms with Gasteiger partial charge in [0.25, 0.3) is 5.91 Å². The van der Waals surface area contributed by atoms with E-state index in [0.717, 1.165) is 16.0 Å². The molecule has 0 spiro atoms. The fourth-order valence-electron chi connectivity index (χ4n) is 3.63. The highest BCUT2D eigenvalue weighted by Gasteiger charge is 2.23. The van der Waals surface area contributed by atoms with Gasteiger partial charge in [-0.05, 0) is 48.9 Å². The molecule has 0 bridgehead atoms. The van der Waals surface area contributed by atoms with E-state index in [9.17, 15) is 9.59 Å². The van der Waals surface area contributed by atoms with Crippen molar-refractivity contribution in [3.63, 3.8) is 0 Å². The first-order valence-corrected chi connectivity index (χ1v) is 12.2. The summed E-state index contributed by atoms with van der Waals surface area (Å²) in [6.07, 6.45) is 0.683. The van der Waals surface area contributed by atoms with Crippen LogP contribution >= 0.6 is 11.3 Å². The van der Waals surface area contributed by atoms with Crippen molar-refractivity contribution < 1.29 is 14.3 Å². The molecule has 0 radical (unpaired) electrons. The summed E-state index contributed by atoms with van der Waals surface area (Å²) >= 11 is 1.63. The van der Waals surface area contributed by atoms with E-state index in [-0.39, 0.29) is 18.4 Å². The molecule has 0 aliphatic heterocycles. The van der Waals surface area contributed by atoms with E-state index in [0.29, 0.717) is 44.8 Å². The molecule has 3 rings (SSSR count). The zero-order valence-electron chi connectivity index (χ0n) is 19.4. The van der Waals surface area contributed by atoms with Crippen molar-refractivity contribution in [2.24, 2.45) is 0 Å². The molecule has 5 nitrogen and oxygen atoms in total. The molecule has 174 valence electrons. The van der Waals surface area contributed by atoms with Gasteiger partial charge in [-0.15, -0.1) is 11.3 Å². The quantitative estimate of drug-likeness (QED) is 0.348. The number of amides is 2. The Balaban J connectivity index is 1.78. The number of benzene rings is 2. The van der Waals surface area contributed by atoms with Crippen LogP contribution in [0.4, 0.5) is 0 Å². The van der Waals surface area contributed by atoms with E-state index in [4.69, 9.17) is 4.74 Å². The molecule has 2 amide bonds. The Hall–Kier alpha value is -2.96. The average molecular weight is 465 g/mol. The minimum Gasteiger partial charge on any atom is -0.382 e. The number of hydrogen-bond donors (Lipinski definition) is 0. The largest absolute Gasteiger partial charge is 0.382 e. The summed E-state index contributed by atoms with van der Waals surface area (Å²) in [6.45, 7) is 6.60. The van der Waals surface area contributed by atoms with E-state index in [1.807, 2.05) is 90.9 Å². The number of hydrogen-bond acceptors (Lipinski definition) is 4. The van der Waals surface area contributed by atoms with Gasteiger partial charge in [-0.3, -0.25) is 9.59 Å². The third-order valence-electron chi connectivity index (χ3n) is 5.41. The molecule has 0 saturated carbocycles. The lowest BCUT2D eigenvalue weighted by molar-refractivity contribution is -0.133. The normalized spacial score (nSPS) is 10.7. The van der Waals surface area contributed by atoms with Gasteiger partial charge < -0.3 is 14.5 Å². The monoisotopic (exact) mass is 464 g/mol. The molecular formula is C27H32N2O3S. The van der Waals surface area contributed by atoms with E-state index in [2.05, 4.69) is 0 Å². The highest BCUT2D eigenvalue weighted by molar-refractivity contribution is 7.09. The van der Waals surface area contributed by atoms with E-state index in [1.54, 1.807) is 16.2 Å². The van der Waals surface area contributed by atoms with E-state index >= 15 is 0 Å². The zero-order valence-corrected chi connectivity index (χ0v) is 20.2. The fraction of sp³-hybridized carbons (Fsp3) is 0.333. The summed E-state index contributed by atoms with van der Waals surface area (Å²) in [4.78, 5) is 31.5. The molecule has 0 N–H and O–H groups in total. The van der Waals surface area contributed by atoms with Gasteiger partial charge in [-0.25, -0.2) is 0 Å². The molecule has 33 heavy (non-hydrogen) atoms. The zero-order chi connectivity index (χ0) is 23.5. The second kappa shape index (κ2) is 12.9. The van der Waals surface area contributed by atoms with Gasteiger partial charge in [-0.2, -0.15) is 0 Å². The highest BCUT2D eigenvalue weighted by Crippen LogP contribution is 2.17. The minimum atomic E-state index is -0.117. The number of aryl methyl sites for hydroxylation is 1. The molecule has 2 aromatic carbocycles. The van der Waals surface area contributed by atoms with Gasteiger partial charge in [0.15, 0.2) is 0 Å². The van der Waals surface area contributed by atoms with Crippen molar-refractivity contribution in [2.45, 2.75) is 33.4 Å². The van der Waals surface area contributed by atoms with Crippen molar-refractivity contribution in [2.75, 3.05) is 26.3 Å². The van der Waals surface area contributed by atoms with Crippen LogP contribution in [0.3, 0.4) is 0 Å². The van der Waals surface area contributed by atoms with Gasteiger partial charge >= 0.3 is 0 Å². The molecule has 0 aliphatic carbocycles. The van der Waals surface area contributed by atoms with E-state index < -0.39 is 0 Å². The van der Waals surface area contributed by atoms with Crippen LogP contribution in [0.2, 0.25) is 0 Å². The Morgan fingerprint density at radius 3 is 2.36 bits per heavy atom. The molecule has 0 unspecified atom stereocenters. The molecular weight excluding hydrogens is 432 g/mol. The average Bonchev–Trinajstić information content (AvgIpc) is 3.34. The van der Waals surface area contributed by atoms with Crippen molar-refractivity contribution in [1.82, 2.24) is 9.80 Å². The van der Waals surface area contributed by atoms with Crippen LogP contribution in [0.5, 0.6) is 0 Å². The molecule has 0 aliphatic rings. The molecule has 0 saturated heterocycles. The number of nitrogens with zero attached hydrogens (tertiary/aromatic N) is 2. The summed E-state index contributed by atoms with van der Waals surface area (Å²) in [7, 11) is 0. The third kappa shape index (κ3) is 7.55. The molecule has 0 atom stereocenters. The first-order valence-electron chi connectivity index (χ1n) is 11.3. The summed E-state index contributed by atoms with van der Waals surface area (Å²) in [5.74, 6) is -0.181. The van der Waals surface area contributed by atoms with Crippen LogP contribution in [-0.4, -0.2) is 47.9 Å². The van der Waals surface area contributed by atoms with Crippen LogP contribution in [0, 0.1) is 6.92 Å². The Labute approximate surface area is 200 Å². The third-order valence-corrected chi connectivity index (χ3v) is 6.27. The number of rotatable bonds is 12. The lowest BCUT2D eigenvalue weighted by Gasteiger charge is -2.28. The molecule has 1 heterocycles. The van der Waals surface area contributed by atoms with E-state index in [1.165, 1.54) is 0 Å². The molecule has 6 heteroatoms. The second-order valence-electron chi connectivity index (χ2n) is 7.91.